The Labute approximate surface area is 189 Å². The van der Waals surface area contributed by atoms with Crippen molar-refractivity contribution in [3.05, 3.63) is 47.3 Å². The first-order valence-electron chi connectivity index (χ1n) is 9.83. The molecule has 31 heavy (non-hydrogen) atoms. The Balaban J connectivity index is 1.78. The van der Waals surface area contributed by atoms with Crippen LogP contribution in [0.1, 0.15) is 49.5 Å². The fourth-order valence-electron chi connectivity index (χ4n) is 2.78. The zero-order valence-electron chi connectivity index (χ0n) is 18.1. The molecular weight excluding hydrogens is 434 g/mol. The second-order valence-corrected chi connectivity index (χ2v) is 9.75. The molecule has 7 nitrogen and oxygen atoms in total. The molecule has 0 fully saturated rings. The van der Waals surface area contributed by atoms with E-state index in [9.17, 15) is 9.59 Å². The highest BCUT2D eigenvalue weighted by atomic mass is 32.2. The van der Waals surface area contributed by atoms with Crippen LogP contribution in [0.2, 0.25) is 0 Å². The average molecular weight is 460 g/mol. The molecule has 0 aliphatic carbocycles. The smallest absolute Gasteiger partial charge is 0.341 e. The fraction of sp³-hybridized carbons (Fsp3) is 0.364. The van der Waals surface area contributed by atoms with E-state index in [0.717, 1.165) is 27.8 Å². The van der Waals surface area contributed by atoms with Gasteiger partial charge in [0.15, 0.2) is 0 Å². The molecular formula is C22H25N3O4S2. The minimum Gasteiger partial charge on any atom is -0.462 e. The van der Waals surface area contributed by atoms with Crippen molar-refractivity contribution in [1.82, 2.24) is 10.2 Å². The summed E-state index contributed by atoms with van der Waals surface area (Å²) in [6, 6.07) is 9.74. The summed E-state index contributed by atoms with van der Waals surface area (Å²) in [5, 5.41) is 11.7. The number of amides is 1. The fourth-order valence-corrected chi connectivity index (χ4v) is 4.56. The summed E-state index contributed by atoms with van der Waals surface area (Å²) in [4.78, 5) is 26.1. The largest absolute Gasteiger partial charge is 0.462 e. The van der Waals surface area contributed by atoms with E-state index in [-0.39, 0.29) is 23.7 Å². The van der Waals surface area contributed by atoms with E-state index in [1.165, 1.54) is 11.3 Å². The first-order valence-corrected chi connectivity index (χ1v) is 11.6. The molecule has 1 N–H and O–H groups in total. The second kappa shape index (κ2) is 9.65. The van der Waals surface area contributed by atoms with E-state index >= 15 is 0 Å². The van der Waals surface area contributed by atoms with Gasteiger partial charge in [-0.3, -0.25) is 4.79 Å². The van der Waals surface area contributed by atoms with Crippen molar-refractivity contribution in [2.75, 3.05) is 17.7 Å². The van der Waals surface area contributed by atoms with Gasteiger partial charge < -0.3 is 14.5 Å². The summed E-state index contributed by atoms with van der Waals surface area (Å²) in [7, 11) is 0. The number of hydrogen-bond acceptors (Lipinski definition) is 8. The predicted molar refractivity (Wildman–Crippen MR) is 123 cm³/mol. The van der Waals surface area contributed by atoms with Crippen molar-refractivity contribution in [1.29, 1.82) is 0 Å². The molecule has 2 heterocycles. The molecule has 0 unspecified atom stereocenters. The van der Waals surface area contributed by atoms with Crippen molar-refractivity contribution >= 4 is 40.0 Å². The van der Waals surface area contributed by atoms with Crippen LogP contribution in [0.4, 0.5) is 5.00 Å². The number of anilines is 1. The van der Waals surface area contributed by atoms with Crippen LogP contribution in [0.15, 0.2) is 40.0 Å². The highest BCUT2D eigenvalue weighted by molar-refractivity contribution is 7.99. The number of nitrogens with zero attached hydrogens (tertiary/aromatic N) is 2. The van der Waals surface area contributed by atoms with Gasteiger partial charge in [-0.25, -0.2) is 4.79 Å². The van der Waals surface area contributed by atoms with Crippen molar-refractivity contribution in [3.8, 4) is 10.4 Å². The summed E-state index contributed by atoms with van der Waals surface area (Å²) >= 11 is 2.51. The Morgan fingerprint density at radius 2 is 1.90 bits per heavy atom. The maximum absolute atomic E-state index is 12.6. The van der Waals surface area contributed by atoms with E-state index in [2.05, 4.69) is 15.5 Å². The summed E-state index contributed by atoms with van der Waals surface area (Å²) in [5.74, 6) is -0.132. The maximum Gasteiger partial charge on any atom is 0.341 e. The van der Waals surface area contributed by atoms with Gasteiger partial charge in [0.2, 0.25) is 11.8 Å². The minimum absolute atomic E-state index is 0.0751. The Bertz CT molecular complexity index is 1070. The molecule has 0 saturated carbocycles. The number of aromatic nitrogens is 2. The van der Waals surface area contributed by atoms with Gasteiger partial charge in [0.1, 0.15) is 5.00 Å². The van der Waals surface area contributed by atoms with Gasteiger partial charge in [-0.15, -0.1) is 21.5 Å². The number of carbonyl (C=O) groups is 2. The number of nitrogens with one attached hydrogen (secondary N) is 1. The number of benzene rings is 1. The average Bonchev–Trinajstić information content (AvgIpc) is 3.32. The van der Waals surface area contributed by atoms with Gasteiger partial charge in [-0.2, -0.15) is 0 Å². The first-order chi connectivity index (χ1) is 14.7. The molecule has 0 saturated heterocycles. The SMILES string of the molecule is CCOC(=O)c1c(NC(=O)CSc2nnc(C(C)(C)C)o2)sc(-c2ccccc2)c1C. The van der Waals surface area contributed by atoms with Gasteiger partial charge in [0.05, 0.1) is 17.9 Å². The van der Waals surface area contributed by atoms with Gasteiger partial charge in [0, 0.05) is 10.3 Å². The van der Waals surface area contributed by atoms with E-state index in [0.29, 0.717) is 21.7 Å². The normalized spacial score (nSPS) is 11.4. The van der Waals surface area contributed by atoms with Crippen molar-refractivity contribution in [3.63, 3.8) is 0 Å². The summed E-state index contributed by atoms with van der Waals surface area (Å²) in [6.45, 7) is 9.79. The quantitative estimate of drug-likeness (QED) is 0.378. The lowest BCUT2D eigenvalue weighted by molar-refractivity contribution is -0.113. The molecule has 0 bridgehead atoms. The molecule has 3 aromatic rings. The van der Waals surface area contributed by atoms with Crippen LogP contribution < -0.4 is 5.32 Å². The first kappa shape index (κ1) is 23.0. The molecule has 3 rings (SSSR count). The van der Waals surface area contributed by atoms with Crippen LogP contribution in [-0.2, 0) is 14.9 Å². The Morgan fingerprint density at radius 3 is 2.52 bits per heavy atom. The van der Waals surface area contributed by atoms with Crippen LogP contribution in [0.3, 0.4) is 0 Å². The number of ether oxygens (including phenoxy) is 1. The molecule has 0 aliphatic rings. The second-order valence-electron chi connectivity index (χ2n) is 7.81. The molecule has 0 spiro atoms. The summed E-state index contributed by atoms with van der Waals surface area (Å²) in [6.07, 6.45) is 0. The molecule has 1 amide bonds. The summed E-state index contributed by atoms with van der Waals surface area (Å²) < 4.78 is 10.8. The van der Waals surface area contributed by atoms with Crippen LogP contribution >= 0.6 is 23.1 Å². The number of hydrogen-bond donors (Lipinski definition) is 1. The predicted octanol–water partition coefficient (Wildman–Crippen LogP) is 5.31. The van der Waals surface area contributed by atoms with Crippen LogP contribution in [-0.4, -0.2) is 34.4 Å². The van der Waals surface area contributed by atoms with E-state index in [4.69, 9.17) is 9.15 Å². The Kier molecular flexibility index (Phi) is 7.17. The molecule has 0 aliphatic heterocycles. The molecule has 0 radical (unpaired) electrons. The van der Waals surface area contributed by atoms with Crippen molar-refractivity contribution < 1.29 is 18.7 Å². The van der Waals surface area contributed by atoms with Gasteiger partial charge >= 0.3 is 5.97 Å². The number of thiophene rings is 1. The Morgan fingerprint density at radius 1 is 1.19 bits per heavy atom. The van der Waals surface area contributed by atoms with Crippen LogP contribution in [0, 0.1) is 6.92 Å². The number of thioether (sulfide) groups is 1. The van der Waals surface area contributed by atoms with Crippen molar-refractivity contribution in [2.45, 2.75) is 45.3 Å². The van der Waals surface area contributed by atoms with E-state index < -0.39 is 5.97 Å². The van der Waals surface area contributed by atoms with Crippen LogP contribution in [0.25, 0.3) is 10.4 Å². The monoisotopic (exact) mass is 459 g/mol. The molecule has 2 aromatic heterocycles. The lowest BCUT2D eigenvalue weighted by atomic mass is 9.97. The standard InChI is InChI=1S/C22H25N3O4S2/c1-6-28-19(27)16-13(2)17(14-10-8-7-9-11-14)31-18(16)23-15(26)12-30-21-25-24-20(29-21)22(3,4)5/h7-11H,6,12H2,1-5H3,(H,23,26). The lowest BCUT2D eigenvalue weighted by Gasteiger charge is -2.10. The third-order valence-corrected chi connectivity index (χ3v) is 6.36. The third kappa shape index (κ3) is 5.54. The van der Waals surface area contributed by atoms with Gasteiger partial charge in [-0.1, -0.05) is 62.9 Å². The zero-order chi connectivity index (χ0) is 22.6. The number of esters is 1. The van der Waals surface area contributed by atoms with Gasteiger partial charge in [0.25, 0.3) is 5.22 Å². The Hall–Kier alpha value is -2.65. The van der Waals surface area contributed by atoms with Crippen LogP contribution in [0.5, 0.6) is 0 Å². The highest BCUT2D eigenvalue weighted by Crippen LogP contribution is 2.40. The molecule has 0 atom stereocenters. The summed E-state index contributed by atoms with van der Waals surface area (Å²) in [5.41, 5.74) is 1.89. The highest BCUT2D eigenvalue weighted by Gasteiger charge is 2.25. The van der Waals surface area contributed by atoms with Gasteiger partial charge in [-0.05, 0) is 25.0 Å². The number of carbonyl (C=O) groups excluding carboxylic acids is 2. The van der Waals surface area contributed by atoms with E-state index in [1.807, 2.05) is 58.0 Å². The topological polar surface area (TPSA) is 94.3 Å². The van der Waals surface area contributed by atoms with Crippen molar-refractivity contribution in [2.24, 2.45) is 0 Å². The van der Waals surface area contributed by atoms with E-state index in [1.54, 1.807) is 6.92 Å². The maximum atomic E-state index is 12.6. The molecule has 9 heteroatoms. The number of rotatable bonds is 7. The lowest BCUT2D eigenvalue weighted by Crippen LogP contribution is -2.16. The molecule has 1 aromatic carbocycles. The third-order valence-electron chi connectivity index (χ3n) is 4.29. The minimum atomic E-state index is -0.451. The zero-order valence-corrected chi connectivity index (χ0v) is 19.8. The molecule has 164 valence electrons.